The lowest BCUT2D eigenvalue weighted by molar-refractivity contribution is -0.115. The van der Waals surface area contributed by atoms with Gasteiger partial charge in [0.2, 0.25) is 11.8 Å². The molecule has 1 aromatic carbocycles. The van der Waals surface area contributed by atoms with Crippen LogP contribution >= 0.6 is 11.8 Å². The zero-order valence-electron chi connectivity index (χ0n) is 14.4. The highest BCUT2D eigenvalue weighted by Crippen LogP contribution is 2.21. The van der Waals surface area contributed by atoms with E-state index < -0.39 is 5.25 Å². The summed E-state index contributed by atoms with van der Waals surface area (Å²) in [7, 11) is 0. The van der Waals surface area contributed by atoms with Crippen LogP contribution in [0.15, 0.2) is 50.9 Å². The van der Waals surface area contributed by atoms with Crippen molar-refractivity contribution < 1.29 is 9.32 Å². The fourth-order valence-corrected chi connectivity index (χ4v) is 3.22. The van der Waals surface area contributed by atoms with Crippen LogP contribution in [0.3, 0.4) is 0 Å². The molecule has 2 aromatic heterocycles. The Morgan fingerprint density at radius 1 is 1.38 bits per heavy atom. The van der Waals surface area contributed by atoms with E-state index >= 15 is 0 Å². The van der Waals surface area contributed by atoms with Crippen molar-refractivity contribution in [2.45, 2.75) is 37.2 Å². The number of hydrogen-bond acceptors (Lipinski definition) is 6. The number of nitrogens with one attached hydrogen (secondary N) is 2. The van der Waals surface area contributed by atoms with Crippen molar-refractivity contribution in [3.63, 3.8) is 0 Å². The number of carbonyl (C=O) groups is 1. The molecule has 0 saturated carbocycles. The molecular formula is C17H19N5O3S. The molecule has 136 valence electrons. The molecule has 0 aliphatic carbocycles. The molecule has 0 aliphatic rings. The fourth-order valence-electron chi connectivity index (χ4n) is 2.33. The minimum Gasteiger partial charge on any atom is -0.338 e. The third-order valence-electron chi connectivity index (χ3n) is 3.72. The van der Waals surface area contributed by atoms with Crippen LogP contribution in [-0.2, 0) is 17.8 Å². The van der Waals surface area contributed by atoms with E-state index in [1.54, 1.807) is 24.5 Å². The lowest BCUT2D eigenvalue weighted by atomic mass is 10.1. The van der Waals surface area contributed by atoms with Crippen LogP contribution in [0.2, 0.25) is 0 Å². The molecule has 0 spiro atoms. The second kappa shape index (κ2) is 8.05. The van der Waals surface area contributed by atoms with Gasteiger partial charge in [0, 0.05) is 12.6 Å². The van der Waals surface area contributed by atoms with Gasteiger partial charge in [0.05, 0.1) is 10.9 Å². The number of thioether (sulfide) groups is 1. The Bertz CT molecular complexity index is 931. The quantitative estimate of drug-likeness (QED) is 0.615. The van der Waals surface area contributed by atoms with Crippen molar-refractivity contribution in [1.82, 2.24) is 19.9 Å². The number of rotatable bonds is 7. The van der Waals surface area contributed by atoms with E-state index in [0.717, 1.165) is 5.56 Å². The molecule has 0 bridgehead atoms. The highest BCUT2D eigenvalue weighted by Gasteiger charge is 2.20. The van der Waals surface area contributed by atoms with Crippen LogP contribution in [-0.4, -0.2) is 31.1 Å². The Morgan fingerprint density at radius 3 is 2.85 bits per heavy atom. The van der Waals surface area contributed by atoms with Crippen LogP contribution in [0, 0.1) is 6.92 Å². The van der Waals surface area contributed by atoms with Crippen molar-refractivity contribution in [3.8, 4) is 0 Å². The van der Waals surface area contributed by atoms with Gasteiger partial charge >= 0.3 is 5.69 Å². The Balaban J connectivity index is 1.64. The number of H-pyrrole nitrogens is 1. The van der Waals surface area contributed by atoms with Gasteiger partial charge in [-0.1, -0.05) is 47.3 Å². The van der Waals surface area contributed by atoms with Crippen LogP contribution in [0.5, 0.6) is 0 Å². The summed E-state index contributed by atoms with van der Waals surface area (Å²) in [5.41, 5.74) is 1.52. The maximum atomic E-state index is 12.3. The van der Waals surface area contributed by atoms with Gasteiger partial charge in [0.25, 0.3) is 0 Å². The molecule has 26 heavy (non-hydrogen) atoms. The molecule has 9 heteroatoms. The summed E-state index contributed by atoms with van der Waals surface area (Å²) in [6.07, 6.45) is 0.700. The Hall–Kier alpha value is -2.81. The number of hydrogen-bond donors (Lipinski definition) is 2. The molecule has 1 amide bonds. The van der Waals surface area contributed by atoms with E-state index in [9.17, 15) is 9.59 Å². The van der Waals surface area contributed by atoms with Gasteiger partial charge in [-0.15, -0.1) is 5.10 Å². The second-order valence-electron chi connectivity index (χ2n) is 5.78. The summed E-state index contributed by atoms with van der Waals surface area (Å²) < 4.78 is 6.52. The minimum atomic E-state index is -0.467. The summed E-state index contributed by atoms with van der Waals surface area (Å²) in [4.78, 5) is 24.3. The van der Waals surface area contributed by atoms with Gasteiger partial charge in [-0.05, 0) is 25.8 Å². The molecule has 1 atom stereocenters. The topological polar surface area (TPSA) is 106 Å². The first-order chi connectivity index (χ1) is 12.5. The van der Waals surface area contributed by atoms with E-state index in [1.807, 2.05) is 30.3 Å². The maximum absolute atomic E-state index is 12.3. The average Bonchev–Trinajstić information content (AvgIpc) is 3.19. The lowest BCUT2D eigenvalue weighted by Crippen LogP contribution is -2.24. The molecule has 0 fully saturated rings. The van der Waals surface area contributed by atoms with Gasteiger partial charge in [0.1, 0.15) is 0 Å². The number of carbonyl (C=O) groups excluding carboxylic acids is 1. The summed E-state index contributed by atoms with van der Waals surface area (Å²) >= 11 is 1.21. The van der Waals surface area contributed by atoms with Gasteiger partial charge < -0.3 is 4.52 Å². The fraction of sp³-hybridized carbons (Fsp3) is 0.294. The third kappa shape index (κ3) is 4.42. The summed E-state index contributed by atoms with van der Waals surface area (Å²) in [6, 6.07) is 11.5. The summed E-state index contributed by atoms with van der Waals surface area (Å²) in [5, 5.41) is 12.9. The molecule has 0 saturated heterocycles. The van der Waals surface area contributed by atoms with Crippen LogP contribution in [0.1, 0.15) is 18.2 Å². The zero-order valence-corrected chi connectivity index (χ0v) is 15.2. The minimum absolute atomic E-state index is 0.254. The van der Waals surface area contributed by atoms with E-state index in [-0.39, 0.29) is 11.6 Å². The predicted octanol–water partition coefficient (Wildman–Crippen LogP) is 2.23. The van der Waals surface area contributed by atoms with Crippen molar-refractivity contribution in [1.29, 1.82) is 0 Å². The first-order valence-corrected chi connectivity index (χ1v) is 9.01. The molecule has 0 radical (unpaired) electrons. The molecule has 2 N–H and O–H groups in total. The number of amides is 1. The largest absolute Gasteiger partial charge is 0.343 e. The third-order valence-corrected chi connectivity index (χ3v) is 4.81. The molecule has 3 rings (SSSR count). The van der Waals surface area contributed by atoms with Crippen molar-refractivity contribution in [2.75, 3.05) is 5.32 Å². The molecule has 8 nitrogen and oxygen atoms in total. The van der Waals surface area contributed by atoms with Crippen molar-refractivity contribution in [3.05, 3.63) is 58.1 Å². The predicted molar refractivity (Wildman–Crippen MR) is 98.2 cm³/mol. The van der Waals surface area contributed by atoms with Crippen LogP contribution < -0.4 is 11.0 Å². The monoisotopic (exact) mass is 373 g/mol. The second-order valence-corrected chi connectivity index (χ2v) is 7.09. The van der Waals surface area contributed by atoms with Gasteiger partial charge in [-0.3, -0.25) is 14.7 Å². The number of aryl methyl sites for hydroxylation is 2. The molecule has 2 heterocycles. The normalized spacial score (nSPS) is 12.1. The average molecular weight is 373 g/mol. The van der Waals surface area contributed by atoms with E-state index in [2.05, 4.69) is 20.7 Å². The Morgan fingerprint density at radius 2 is 2.15 bits per heavy atom. The Kier molecular flexibility index (Phi) is 5.57. The lowest BCUT2D eigenvalue weighted by Gasteiger charge is -2.10. The van der Waals surface area contributed by atoms with Crippen molar-refractivity contribution in [2.24, 2.45) is 0 Å². The molecular weight excluding hydrogens is 354 g/mol. The smallest absolute Gasteiger partial charge is 0.338 e. The highest BCUT2D eigenvalue weighted by atomic mass is 32.2. The molecule has 1 unspecified atom stereocenters. The number of aromatic amines is 1. The maximum Gasteiger partial charge on any atom is 0.343 e. The summed E-state index contributed by atoms with van der Waals surface area (Å²) in [6.45, 7) is 3.99. The molecule has 3 aromatic rings. The highest BCUT2D eigenvalue weighted by molar-refractivity contribution is 8.00. The standard InChI is InChI=1S/C17H19N5O3S/c1-11-10-14(25-21-11)18-15(23)12(2)26-17-20-19-16(24)22(17)9-8-13-6-4-3-5-7-13/h3-7,10,12H,8-9H2,1-2H3,(H,18,23)(H,19,24). The SMILES string of the molecule is Cc1cc(NC(=O)C(C)Sc2n[nH]c(=O)n2CCc2ccccc2)on1. The van der Waals surface area contributed by atoms with Crippen LogP contribution in [0.25, 0.3) is 0 Å². The molecule has 0 aliphatic heterocycles. The first-order valence-electron chi connectivity index (χ1n) is 8.13. The van der Waals surface area contributed by atoms with Gasteiger partial charge in [0.15, 0.2) is 5.16 Å². The van der Waals surface area contributed by atoms with E-state index in [4.69, 9.17) is 4.52 Å². The number of aromatic nitrogens is 4. The number of nitrogens with zero attached hydrogens (tertiary/aromatic N) is 3. The Labute approximate surface area is 154 Å². The zero-order chi connectivity index (χ0) is 18.5. The van der Waals surface area contributed by atoms with Gasteiger partial charge in [-0.25, -0.2) is 9.89 Å². The summed E-state index contributed by atoms with van der Waals surface area (Å²) in [5.74, 6) is 0.0413. The van der Waals surface area contributed by atoms with Crippen LogP contribution in [0.4, 0.5) is 5.88 Å². The number of benzene rings is 1. The van der Waals surface area contributed by atoms with Gasteiger partial charge in [-0.2, -0.15) is 0 Å². The first kappa shape index (κ1) is 18.0. The number of anilines is 1. The van der Waals surface area contributed by atoms with E-state index in [0.29, 0.717) is 29.7 Å². The van der Waals surface area contributed by atoms with E-state index in [1.165, 1.54) is 11.8 Å². The van der Waals surface area contributed by atoms with Crippen molar-refractivity contribution >= 4 is 23.6 Å².